The number of rotatable bonds is 8. The number of alkyl halides is 6. The number of hydrogen-bond acceptors (Lipinski definition) is 5. The molecule has 0 bridgehead atoms. The molecular weight excluding hydrogens is 559 g/mol. The molecule has 1 amide bonds. The van der Waals surface area contributed by atoms with Crippen LogP contribution in [0.2, 0.25) is 0 Å². The van der Waals surface area contributed by atoms with E-state index >= 15 is 0 Å². The monoisotopic (exact) mass is 591 g/mol. The molecule has 2 aliphatic heterocycles. The minimum absolute atomic E-state index is 0.0384. The zero-order valence-electron chi connectivity index (χ0n) is 22.5. The molecule has 13 heteroatoms. The van der Waals surface area contributed by atoms with E-state index in [4.69, 9.17) is 9.47 Å². The predicted molar refractivity (Wildman–Crippen MR) is 136 cm³/mol. The van der Waals surface area contributed by atoms with E-state index in [0.29, 0.717) is 63.6 Å². The zero-order chi connectivity index (χ0) is 29.8. The fourth-order valence-electron chi connectivity index (χ4n) is 5.26. The van der Waals surface area contributed by atoms with Crippen LogP contribution in [0.5, 0.6) is 0 Å². The van der Waals surface area contributed by atoms with Gasteiger partial charge in [0.05, 0.1) is 30.4 Å². The Balaban J connectivity index is 1.51. The van der Waals surface area contributed by atoms with Gasteiger partial charge in [-0.05, 0) is 42.3 Å². The summed E-state index contributed by atoms with van der Waals surface area (Å²) < 4.78 is 104. The molecule has 0 aromatic heterocycles. The van der Waals surface area contributed by atoms with Crippen molar-refractivity contribution < 1.29 is 45.0 Å². The molecule has 2 atom stereocenters. The van der Waals surface area contributed by atoms with E-state index in [9.17, 15) is 35.5 Å². The Morgan fingerprint density at radius 1 is 0.902 bits per heavy atom. The van der Waals surface area contributed by atoms with Crippen LogP contribution in [0.3, 0.4) is 0 Å². The molecule has 0 spiro atoms. The summed E-state index contributed by atoms with van der Waals surface area (Å²) in [5.41, 5.74) is -1.97. The zero-order valence-corrected chi connectivity index (χ0v) is 22.5. The predicted octanol–water partition coefficient (Wildman–Crippen LogP) is 4.58. The summed E-state index contributed by atoms with van der Waals surface area (Å²) in [5, 5.41) is 0. The largest absolute Gasteiger partial charge is 0.416 e. The van der Waals surface area contributed by atoms with E-state index in [0.717, 1.165) is 24.7 Å². The van der Waals surface area contributed by atoms with E-state index in [1.165, 1.54) is 17.0 Å². The van der Waals surface area contributed by atoms with Crippen LogP contribution in [-0.4, -0.2) is 98.9 Å². The van der Waals surface area contributed by atoms with Gasteiger partial charge in [0.2, 0.25) is 0 Å². The van der Waals surface area contributed by atoms with Gasteiger partial charge in [-0.1, -0.05) is 12.1 Å². The summed E-state index contributed by atoms with van der Waals surface area (Å²) in [5.74, 6) is -1.94. The van der Waals surface area contributed by atoms with Crippen LogP contribution in [0.15, 0.2) is 42.5 Å². The summed E-state index contributed by atoms with van der Waals surface area (Å²) in [6.45, 7) is 4.78. The van der Waals surface area contributed by atoms with Gasteiger partial charge in [0, 0.05) is 64.5 Å². The van der Waals surface area contributed by atoms with Crippen molar-refractivity contribution in [2.24, 2.45) is 0 Å². The molecule has 0 aliphatic carbocycles. The molecule has 4 rings (SSSR count). The maximum Gasteiger partial charge on any atom is 0.416 e. The van der Waals surface area contributed by atoms with E-state index in [2.05, 4.69) is 9.80 Å². The van der Waals surface area contributed by atoms with Gasteiger partial charge in [0.25, 0.3) is 5.91 Å². The van der Waals surface area contributed by atoms with Crippen molar-refractivity contribution in [3.8, 4) is 0 Å². The molecule has 2 heterocycles. The lowest BCUT2D eigenvalue weighted by Crippen LogP contribution is -2.57. The number of methoxy groups -OCH3 is 1. The Labute approximate surface area is 233 Å². The van der Waals surface area contributed by atoms with Crippen molar-refractivity contribution in [1.29, 1.82) is 0 Å². The number of ether oxygens (including phenoxy) is 2. The average molecular weight is 592 g/mol. The number of hydrogen-bond donors (Lipinski definition) is 0. The first kappa shape index (κ1) is 31.2. The van der Waals surface area contributed by atoms with Gasteiger partial charge in [-0.15, -0.1) is 0 Å². The summed E-state index contributed by atoms with van der Waals surface area (Å²) in [4.78, 5) is 19.2. The van der Waals surface area contributed by atoms with Crippen LogP contribution in [0.25, 0.3) is 0 Å². The molecule has 0 saturated carbocycles. The quantitative estimate of drug-likeness (QED) is 0.421. The lowest BCUT2D eigenvalue weighted by Gasteiger charge is -2.42. The fraction of sp³-hybridized carbons (Fsp3) is 0.536. The van der Waals surface area contributed by atoms with Crippen molar-refractivity contribution in [2.75, 3.05) is 66.1 Å². The Morgan fingerprint density at radius 3 is 2.20 bits per heavy atom. The Hall–Kier alpha value is -2.74. The summed E-state index contributed by atoms with van der Waals surface area (Å²) in [7, 11) is 1.60. The van der Waals surface area contributed by atoms with Crippen molar-refractivity contribution in [1.82, 2.24) is 14.7 Å². The molecule has 2 fully saturated rings. The molecule has 2 aromatic carbocycles. The number of halogens is 7. The minimum Gasteiger partial charge on any atom is -0.382 e. The fourth-order valence-corrected chi connectivity index (χ4v) is 5.26. The number of carbonyl (C=O) groups excluding carboxylic acids is 1. The van der Waals surface area contributed by atoms with Crippen LogP contribution in [0.4, 0.5) is 30.7 Å². The van der Waals surface area contributed by atoms with E-state index in [1.807, 2.05) is 0 Å². The molecule has 2 aliphatic rings. The first-order valence-corrected chi connectivity index (χ1v) is 13.2. The molecule has 2 saturated heterocycles. The van der Waals surface area contributed by atoms with Crippen LogP contribution >= 0.6 is 0 Å². The normalized spacial score (nSPS) is 21.3. The summed E-state index contributed by atoms with van der Waals surface area (Å²) in [6, 6.07) is 5.75. The Morgan fingerprint density at radius 2 is 1.56 bits per heavy atom. The maximum atomic E-state index is 14.1. The second kappa shape index (κ2) is 13.1. The van der Waals surface area contributed by atoms with E-state index in [-0.39, 0.29) is 19.1 Å². The molecule has 0 radical (unpaired) electrons. The highest BCUT2D eigenvalue weighted by Crippen LogP contribution is 2.32. The first-order chi connectivity index (χ1) is 19.3. The average Bonchev–Trinajstić information content (AvgIpc) is 2.91. The highest BCUT2D eigenvalue weighted by atomic mass is 19.4. The Bertz CT molecular complexity index is 1170. The number of amides is 1. The summed E-state index contributed by atoms with van der Waals surface area (Å²) >= 11 is 0. The van der Waals surface area contributed by atoms with Crippen molar-refractivity contribution in [3.05, 3.63) is 70.5 Å². The van der Waals surface area contributed by atoms with Gasteiger partial charge in [-0.2, -0.15) is 26.3 Å². The van der Waals surface area contributed by atoms with Gasteiger partial charge in [-0.25, -0.2) is 4.39 Å². The van der Waals surface area contributed by atoms with Gasteiger partial charge in [0.1, 0.15) is 5.82 Å². The lowest BCUT2D eigenvalue weighted by atomic mass is 9.99. The smallest absolute Gasteiger partial charge is 0.382 e. The van der Waals surface area contributed by atoms with Crippen LogP contribution in [0, 0.1) is 5.82 Å². The minimum atomic E-state index is -4.84. The van der Waals surface area contributed by atoms with Crippen molar-refractivity contribution in [3.63, 3.8) is 0 Å². The van der Waals surface area contributed by atoms with E-state index in [1.54, 1.807) is 7.11 Å². The second-order valence-corrected chi connectivity index (χ2v) is 10.3. The second-order valence-electron chi connectivity index (χ2n) is 10.3. The van der Waals surface area contributed by atoms with Crippen molar-refractivity contribution in [2.45, 2.75) is 30.9 Å². The lowest BCUT2D eigenvalue weighted by molar-refractivity contribution is -0.138. The molecule has 6 nitrogen and oxygen atoms in total. The Kier molecular flexibility index (Phi) is 9.93. The molecule has 0 N–H and O–H groups in total. The molecular formula is C28H32F7N3O3. The van der Waals surface area contributed by atoms with Gasteiger partial charge < -0.3 is 14.4 Å². The SMILES string of the molecule is COC[C@@H]1CN(CCN2CCN(C(=O)c3cc(F)cc(C(F)(F)F)c3)[C@H](Cc3ccc(C(F)(F)F)cc3)C2)CCO1. The van der Waals surface area contributed by atoms with Gasteiger partial charge >= 0.3 is 12.4 Å². The standard InChI is InChI=1S/C28H32F7N3O3/c1-40-18-25-17-37(10-11-41-25)7-6-36-8-9-38(26(39)20-13-22(28(33,34)35)15-23(29)14-20)24(16-36)12-19-2-4-21(5-3-19)27(30,31)32/h2-5,13-15,24-25H,6-12,16-18H2,1H3/t24-,25+/m1/s1. The number of morpholine rings is 1. The molecule has 226 valence electrons. The maximum absolute atomic E-state index is 14.1. The molecule has 0 unspecified atom stereocenters. The number of nitrogens with zero attached hydrogens (tertiary/aromatic N) is 3. The third-order valence-corrected chi connectivity index (χ3v) is 7.36. The number of benzene rings is 2. The first-order valence-electron chi connectivity index (χ1n) is 13.2. The topological polar surface area (TPSA) is 45.2 Å². The van der Waals surface area contributed by atoms with Crippen molar-refractivity contribution >= 4 is 5.91 Å². The number of piperazine rings is 1. The van der Waals surface area contributed by atoms with Crippen LogP contribution < -0.4 is 0 Å². The van der Waals surface area contributed by atoms with Gasteiger partial charge in [0.15, 0.2) is 0 Å². The number of carbonyl (C=O) groups is 1. The van der Waals surface area contributed by atoms with Gasteiger partial charge in [-0.3, -0.25) is 14.6 Å². The highest BCUT2D eigenvalue weighted by Gasteiger charge is 2.36. The van der Waals surface area contributed by atoms with Crippen LogP contribution in [-0.2, 0) is 28.2 Å². The highest BCUT2D eigenvalue weighted by molar-refractivity contribution is 5.94. The van der Waals surface area contributed by atoms with Crippen LogP contribution in [0.1, 0.15) is 27.0 Å². The molecule has 2 aromatic rings. The summed E-state index contributed by atoms with van der Waals surface area (Å²) in [6.07, 6.45) is -9.20. The van der Waals surface area contributed by atoms with E-state index < -0.39 is 46.8 Å². The third-order valence-electron chi connectivity index (χ3n) is 7.36. The third kappa shape index (κ3) is 8.40. The molecule has 41 heavy (non-hydrogen) atoms.